The fraction of sp³-hybridized carbons (Fsp3) is 0.0909. The van der Waals surface area contributed by atoms with Gasteiger partial charge >= 0.3 is 7.60 Å². The summed E-state index contributed by atoms with van der Waals surface area (Å²) in [6.07, 6.45) is 0. The smallest absolute Gasteiger partial charge is 0.373 e. The second-order valence-corrected chi connectivity index (χ2v) is 6.25. The fourth-order valence-corrected chi connectivity index (χ4v) is 2.33. The summed E-state index contributed by atoms with van der Waals surface area (Å²) in [5, 5.41) is 2.01. The largest absolute Gasteiger partial charge is 0.425 e. The van der Waals surface area contributed by atoms with Gasteiger partial charge in [-0.25, -0.2) is 4.57 Å². The van der Waals surface area contributed by atoms with Crippen LogP contribution in [-0.2, 0) is 4.57 Å². The second-order valence-electron chi connectivity index (χ2n) is 3.55. The molecule has 0 aliphatic rings. The van der Waals surface area contributed by atoms with Gasteiger partial charge in [0.15, 0.2) is 0 Å². The average molecular weight is 301 g/mol. The Morgan fingerprint density at radius 3 is 2.50 bits per heavy atom. The predicted octanol–water partition coefficient (Wildman–Crippen LogP) is 3.80. The van der Waals surface area contributed by atoms with Gasteiger partial charge in [-0.15, -0.1) is 0 Å². The highest BCUT2D eigenvalue weighted by Crippen LogP contribution is 2.39. The molecule has 1 N–H and O–H groups in total. The van der Waals surface area contributed by atoms with Gasteiger partial charge in [0, 0.05) is 11.1 Å². The molecule has 0 aromatic heterocycles. The number of halogens is 1. The number of hydrogen-bond donors (Lipinski definition) is 1. The van der Waals surface area contributed by atoms with Crippen LogP contribution >= 0.6 is 23.5 Å². The second kappa shape index (κ2) is 4.21. The summed E-state index contributed by atoms with van der Waals surface area (Å²) in [6.45, 7) is 1.17. The first-order chi connectivity index (χ1) is 7.44. The highest BCUT2D eigenvalue weighted by atomic mass is 79.9. The molecule has 0 amide bonds. The molecule has 5 heteroatoms. The molecule has 84 valence electrons. The van der Waals surface area contributed by atoms with E-state index in [0.717, 1.165) is 15.2 Å². The molecule has 0 heterocycles. The monoisotopic (exact) mass is 300 g/mol. The Kier molecular flexibility index (Phi) is 3.06. The van der Waals surface area contributed by atoms with Crippen molar-refractivity contribution in [1.29, 1.82) is 0 Å². The van der Waals surface area contributed by atoms with E-state index in [9.17, 15) is 4.57 Å². The molecule has 0 aliphatic carbocycles. The molecule has 0 bridgehead atoms. The van der Waals surface area contributed by atoms with Gasteiger partial charge < -0.3 is 9.42 Å². The molecule has 0 saturated heterocycles. The molecule has 1 atom stereocenters. The van der Waals surface area contributed by atoms with E-state index in [4.69, 9.17) is 9.42 Å². The van der Waals surface area contributed by atoms with Crippen LogP contribution in [-0.4, -0.2) is 11.6 Å². The van der Waals surface area contributed by atoms with Crippen LogP contribution < -0.4 is 4.52 Å². The van der Waals surface area contributed by atoms with E-state index in [-0.39, 0.29) is 0 Å². The maximum absolute atomic E-state index is 11.1. The Labute approximate surface area is 102 Å². The predicted molar refractivity (Wildman–Crippen MR) is 68.0 cm³/mol. The van der Waals surface area contributed by atoms with Crippen molar-refractivity contribution in [3.8, 4) is 5.75 Å². The maximum atomic E-state index is 11.1. The molecule has 2 aromatic rings. The molecule has 0 radical (unpaired) electrons. The molecule has 0 aliphatic heterocycles. The standard InChI is InChI=1S/C11H10BrO3P/c1-16(13,14)15-11-5-3-8-6-10(12)4-2-9(8)7-11/h2-7H,1H3,(H,13,14). The van der Waals surface area contributed by atoms with E-state index >= 15 is 0 Å². The van der Waals surface area contributed by atoms with Crippen molar-refractivity contribution in [3.05, 3.63) is 40.9 Å². The molecular weight excluding hydrogens is 291 g/mol. The third-order valence-electron chi connectivity index (χ3n) is 2.05. The zero-order valence-corrected chi connectivity index (χ0v) is 11.0. The summed E-state index contributed by atoms with van der Waals surface area (Å²) in [6, 6.07) is 11.1. The molecule has 0 saturated carbocycles. The first-order valence-corrected chi connectivity index (χ1v) is 7.45. The third kappa shape index (κ3) is 2.85. The lowest BCUT2D eigenvalue weighted by atomic mass is 10.1. The minimum Gasteiger partial charge on any atom is -0.425 e. The van der Waals surface area contributed by atoms with Crippen molar-refractivity contribution in [3.63, 3.8) is 0 Å². The minimum absolute atomic E-state index is 0.406. The molecular formula is C11H10BrO3P. The normalized spacial score (nSPS) is 14.7. The third-order valence-corrected chi connectivity index (χ3v) is 3.09. The van der Waals surface area contributed by atoms with Crippen molar-refractivity contribution in [2.24, 2.45) is 0 Å². The number of rotatable bonds is 2. The Morgan fingerprint density at radius 1 is 1.19 bits per heavy atom. The van der Waals surface area contributed by atoms with E-state index in [2.05, 4.69) is 15.9 Å². The summed E-state index contributed by atoms with van der Waals surface area (Å²) in [7, 11) is -3.48. The van der Waals surface area contributed by atoms with Gasteiger partial charge in [0.1, 0.15) is 5.75 Å². The summed E-state index contributed by atoms with van der Waals surface area (Å²) in [5.74, 6) is 0.406. The van der Waals surface area contributed by atoms with Gasteiger partial charge in [0.05, 0.1) is 0 Å². The van der Waals surface area contributed by atoms with Gasteiger partial charge in [-0.1, -0.05) is 28.1 Å². The quantitative estimate of drug-likeness (QED) is 0.858. The van der Waals surface area contributed by atoms with E-state index in [1.54, 1.807) is 12.1 Å². The first-order valence-electron chi connectivity index (χ1n) is 4.63. The van der Waals surface area contributed by atoms with Crippen molar-refractivity contribution in [2.45, 2.75) is 0 Å². The Bertz CT molecular complexity index is 576. The molecule has 0 fully saturated rings. The fourth-order valence-electron chi connectivity index (χ4n) is 1.45. The Hall–Kier alpha value is -0.830. The highest BCUT2D eigenvalue weighted by Gasteiger charge is 2.11. The zero-order chi connectivity index (χ0) is 11.8. The van der Waals surface area contributed by atoms with Crippen LogP contribution in [0.4, 0.5) is 0 Å². The highest BCUT2D eigenvalue weighted by molar-refractivity contribution is 9.10. The van der Waals surface area contributed by atoms with Crippen molar-refractivity contribution >= 4 is 34.3 Å². The van der Waals surface area contributed by atoms with Crippen LogP contribution in [0.1, 0.15) is 0 Å². The van der Waals surface area contributed by atoms with Gasteiger partial charge in [0.25, 0.3) is 0 Å². The van der Waals surface area contributed by atoms with Crippen LogP contribution in [0.25, 0.3) is 10.8 Å². The molecule has 16 heavy (non-hydrogen) atoms. The van der Waals surface area contributed by atoms with Gasteiger partial charge in [-0.05, 0) is 35.0 Å². The first kappa shape index (κ1) is 11.6. The van der Waals surface area contributed by atoms with Crippen LogP contribution in [0.15, 0.2) is 40.9 Å². The summed E-state index contributed by atoms with van der Waals surface area (Å²) in [5.41, 5.74) is 0. The summed E-state index contributed by atoms with van der Waals surface area (Å²) >= 11 is 3.38. The van der Waals surface area contributed by atoms with Crippen LogP contribution in [0.5, 0.6) is 5.75 Å². The molecule has 2 aromatic carbocycles. The van der Waals surface area contributed by atoms with Gasteiger partial charge in [-0.2, -0.15) is 0 Å². The van der Waals surface area contributed by atoms with Crippen molar-refractivity contribution < 1.29 is 14.0 Å². The Morgan fingerprint density at radius 2 is 1.81 bits per heavy atom. The molecule has 3 nitrogen and oxygen atoms in total. The lowest BCUT2D eigenvalue weighted by Gasteiger charge is -2.09. The molecule has 2 rings (SSSR count). The SMILES string of the molecule is CP(=O)(O)Oc1ccc2cc(Br)ccc2c1. The van der Waals surface area contributed by atoms with Crippen molar-refractivity contribution in [1.82, 2.24) is 0 Å². The van der Waals surface area contributed by atoms with Crippen LogP contribution in [0.2, 0.25) is 0 Å². The topological polar surface area (TPSA) is 46.5 Å². The Balaban J connectivity index is 2.45. The summed E-state index contributed by atoms with van der Waals surface area (Å²) < 4.78 is 17.0. The number of hydrogen-bond acceptors (Lipinski definition) is 2. The molecule has 1 unspecified atom stereocenters. The number of fused-ring (bicyclic) bond motifs is 1. The number of benzene rings is 2. The van der Waals surface area contributed by atoms with Crippen LogP contribution in [0, 0.1) is 0 Å². The van der Waals surface area contributed by atoms with Crippen LogP contribution in [0.3, 0.4) is 0 Å². The zero-order valence-electron chi connectivity index (χ0n) is 8.55. The minimum atomic E-state index is -3.48. The van der Waals surface area contributed by atoms with E-state index in [0.29, 0.717) is 5.75 Å². The summed E-state index contributed by atoms with van der Waals surface area (Å²) in [4.78, 5) is 9.11. The van der Waals surface area contributed by atoms with Crippen molar-refractivity contribution in [2.75, 3.05) is 6.66 Å². The maximum Gasteiger partial charge on any atom is 0.373 e. The average Bonchev–Trinajstić information content (AvgIpc) is 2.16. The molecule has 0 spiro atoms. The van der Waals surface area contributed by atoms with E-state index < -0.39 is 7.60 Å². The van der Waals surface area contributed by atoms with Gasteiger partial charge in [0.2, 0.25) is 0 Å². The lowest BCUT2D eigenvalue weighted by Crippen LogP contribution is -1.89. The van der Waals surface area contributed by atoms with Gasteiger partial charge in [-0.3, -0.25) is 0 Å². The lowest BCUT2D eigenvalue weighted by molar-refractivity contribution is 0.388. The van der Waals surface area contributed by atoms with E-state index in [1.807, 2.05) is 24.3 Å². The van der Waals surface area contributed by atoms with E-state index in [1.165, 1.54) is 6.66 Å².